The number of fused-ring (bicyclic) bond motifs is 9. The highest BCUT2D eigenvalue weighted by atomic mass is 32.1. The summed E-state index contributed by atoms with van der Waals surface area (Å²) in [7, 11) is 0. The molecule has 9 aromatic rings. The Morgan fingerprint density at radius 3 is 1.48 bits per heavy atom. The van der Waals surface area contributed by atoms with Crippen LogP contribution in [0.3, 0.4) is 0 Å². The van der Waals surface area contributed by atoms with E-state index in [0.717, 1.165) is 6.42 Å². The zero-order chi connectivity index (χ0) is 30.4. The minimum absolute atomic E-state index is 0.544. The minimum atomic E-state index is 0.544. The molecule has 46 heavy (non-hydrogen) atoms. The van der Waals surface area contributed by atoms with Crippen LogP contribution in [0.1, 0.15) is 29.7 Å². The van der Waals surface area contributed by atoms with E-state index < -0.39 is 0 Å². The monoisotopic (exact) mass is 640 g/mol. The van der Waals surface area contributed by atoms with Crippen molar-refractivity contribution in [2.75, 3.05) is 0 Å². The summed E-state index contributed by atoms with van der Waals surface area (Å²) in [6, 6.07) is 45.6. The molecule has 1 atom stereocenters. The van der Waals surface area contributed by atoms with E-state index in [2.05, 4.69) is 140 Å². The molecule has 10 rings (SSSR count). The Kier molecular flexibility index (Phi) is 5.93. The van der Waals surface area contributed by atoms with Crippen molar-refractivity contribution in [1.82, 2.24) is 0 Å². The van der Waals surface area contributed by atoms with E-state index in [1.54, 1.807) is 0 Å². The van der Waals surface area contributed by atoms with Gasteiger partial charge in [0.1, 0.15) is 0 Å². The fourth-order valence-corrected chi connectivity index (χ4v) is 11.4. The van der Waals surface area contributed by atoms with Crippen LogP contribution in [0.25, 0.3) is 89.9 Å². The average molecular weight is 641 g/mol. The third-order valence-corrected chi connectivity index (χ3v) is 13.4. The predicted molar refractivity (Wildman–Crippen MR) is 206 cm³/mol. The van der Waals surface area contributed by atoms with Gasteiger partial charge in [0.2, 0.25) is 0 Å². The molecule has 0 radical (unpaired) electrons. The van der Waals surface area contributed by atoms with Gasteiger partial charge in [-0.25, -0.2) is 0 Å². The maximum absolute atomic E-state index is 2.44. The molecule has 1 aliphatic carbocycles. The fraction of sp³-hybridized carbons (Fsp3) is 0.0698. The molecule has 218 valence electrons. The molecule has 3 aromatic heterocycles. The maximum atomic E-state index is 2.44. The smallest absolute Gasteiger partial charge is 0.0433 e. The number of allylic oxidation sites excluding steroid dienone is 1. The first-order valence-corrected chi connectivity index (χ1v) is 18.3. The van der Waals surface area contributed by atoms with Gasteiger partial charge in [0, 0.05) is 49.9 Å². The lowest BCUT2D eigenvalue weighted by molar-refractivity contribution is 0.783. The van der Waals surface area contributed by atoms with Gasteiger partial charge >= 0.3 is 0 Å². The van der Waals surface area contributed by atoms with Crippen molar-refractivity contribution >= 4 is 90.5 Å². The molecule has 0 saturated heterocycles. The molecule has 6 aromatic carbocycles. The molecule has 3 heteroatoms. The van der Waals surface area contributed by atoms with Crippen molar-refractivity contribution in [1.29, 1.82) is 0 Å². The molecule has 0 spiro atoms. The highest BCUT2D eigenvalue weighted by molar-refractivity contribution is 7.26. The van der Waals surface area contributed by atoms with Crippen LogP contribution in [0, 0.1) is 0 Å². The van der Waals surface area contributed by atoms with E-state index in [1.807, 2.05) is 34.0 Å². The molecule has 1 unspecified atom stereocenters. The van der Waals surface area contributed by atoms with Crippen LogP contribution in [0.4, 0.5) is 0 Å². The average Bonchev–Trinajstić information content (AvgIpc) is 3.79. The summed E-state index contributed by atoms with van der Waals surface area (Å²) in [5.74, 6) is 0.544. The van der Waals surface area contributed by atoms with Crippen LogP contribution in [0.5, 0.6) is 0 Å². The Morgan fingerprint density at radius 2 is 0.935 bits per heavy atom. The van der Waals surface area contributed by atoms with Gasteiger partial charge in [-0.15, -0.1) is 34.0 Å². The van der Waals surface area contributed by atoms with E-state index >= 15 is 0 Å². The molecule has 1 aliphatic rings. The first kappa shape index (κ1) is 26.7. The number of hydrogen-bond donors (Lipinski definition) is 0. The first-order valence-electron chi connectivity index (χ1n) is 15.9. The Morgan fingerprint density at radius 1 is 0.478 bits per heavy atom. The summed E-state index contributed by atoms with van der Waals surface area (Å²) in [6.07, 6.45) is 5.80. The molecular formula is C43H28S3. The highest BCUT2D eigenvalue weighted by Gasteiger charge is 2.22. The van der Waals surface area contributed by atoms with Crippen molar-refractivity contribution in [2.45, 2.75) is 19.3 Å². The van der Waals surface area contributed by atoms with Gasteiger partial charge in [0.15, 0.2) is 0 Å². The second kappa shape index (κ2) is 10.2. The van der Waals surface area contributed by atoms with Crippen LogP contribution in [0.2, 0.25) is 0 Å². The molecule has 3 heterocycles. The second-order valence-corrected chi connectivity index (χ2v) is 15.6. The number of thiophene rings is 3. The standard InChI is InChI=1S/C43H28S3/c1-25-10-6-21-39-40(25)36-18-9-15-31(43(36)46-39)28-23-26(29-13-7-16-34-32-11-2-4-19-37(32)44-41(29)34)22-27(24-28)30-14-8-17-35-33-12-3-5-20-38(33)45-42(30)35/h2-9,11-25H,10H2,1H3. The molecular weight excluding hydrogens is 613 g/mol. The van der Waals surface area contributed by atoms with Crippen LogP contribution >= 0.6 is 34.0 Å². The molecule has 0 N–H and O–H groups in total. The summed E-state index contributed by atoms with van der Waals surface area (Å²) >= 11 is 5.78. The van der Waals surface area contributed by atoms with E-state index in [9.17, 15) is 0 Å². The lowest BCUT2D eigenvalue weighted by atomic mass is 9.89. The van der Waals surface area contributed by atoms with Crippen molar-refractivity contribution < 1.29 is 0 Å². The van der Waals surface area contributed by atoms with Crippen molar-refractivity contribution in [3.05, 3.63) is 138 Å². The lowest BCUT2D eigenvalue weighted by Crippen LogP contribution is -1.96. The molecule has 0 fully saturated rings. The minimum Gasteiger partial charge on any atom is -0.135 e. The third-order valence-electron chi connectivity index (χ3n) is 9.71. The number of benzene rings is 6. The summed E-state index contributed by atoms with van der Waals surface area (Å²) in [5.41, 5.74) is 9.28. The van der Waals surface area contributed by atoms with Gasteiger partial charge < -0.3 is 0 Å². The Hall–Kier alpha value is -4.54. The van der Waals surface area contributed by atoms with E-state index in [1.165, 1.54) is 94.3 Å². The fourth-order valence-electron chi connectivity index (χ4n) is 7.56. The molecule has 0 amide bonds. The zero-order valence-corrected chi connectivity index (χ0v) is 27.7. The molecule has 0 bridgehead atoms. The molecule has 0 saturated carbocycles. The Bertz CT molecular complexity index is 2560. The van der Waals surface area contributed by atoms with Gasteiger partial charge in [-0.2, -0.15) is 0 Å². The van der Waals surface area contributed by atoms with Crippen LogP contribution in [-0.4, -0.2) is 0 Å². The zero-order valence-electron chi connectivity index (χ0n) is 25.2. The summed E-state index contributed by atoms with van der Waals surface area (Å²) in [5, 5.41) is 6.77. The summed E-state index contributed by atoms with van der Waals surface area (Å²) < 4.78 is 6.79. The van der Waals surface area contributed by atoms with Crippen LogP contribution < -0.4 is 0 Å². The van der Waals surface area contributed by atoms with E-state index in [-0.39, 0.29) is 0 Å². The predicted octanol–water partition coefficient (Wildman–Crippen LogP) is 14.2. The largest absolute Gasteiger partial charge is 0.135 e. The van der Waals surface area contributed by atoms with Crippen molar-refractivity contribution in [3.63, 3.8) is 0 Å². The van der Waals surface area contributed by atoms with E-state index in [0.29, 0.717) is 5.92 Å². The Labute approximate surface area is 279 Å². The molecule has 0 nitrogen and oxygen atoms in total. The van der Waals surface area contributed by atoms with Gasteiger partial charge in [0.25, 0.3) is 0 Å². The third kappa shape index (κ3) is 3.96. The van der Waals surface area contributed by atoms with Gasteiger partial charge in [0.05, 0.1) is 0 Å². The highest BCUT2D eigenvalue weighted by Crippen LogP contribution is 2.48. The number of rotatable bonds is 3. The number of hydrogen-bond acceptors (Lipinski definition) is 3. The van der Waals surface area contributed by atoms with Gasteiger partial charge in [-0.3, -0.25) is 0 Å². The first-order chi connectivity index (χ1) is 22.7. The van der Waals surface area contributed by atoms with Crippen LogP contribution in [0.15, 0.2) is 127 Å². The maximum Gasteiger partial charge on any atom is 0.0433 e. The van der Waals surface area contributed by atoms with Crippen LogP contribution in [-0.2, 0) is 0 Å². The quantitative estimate of drug-likeness (QED) is 0.180. The summed E-state index contributed by atoms with van der Waals surface area (Å²) in [4.78, 5) is 1.42. The van der Waals surface area contributed by atoms with Crippen molar-refractivity contribution in [2.24, 2.45) is 0 Å². The van der Waals surface area contributed by atoms with Crippen molar-refractivity contribution in [3.8, 4) is 33.4 Å². The molecule has 0 aliphatic heterocycles. The second-order valence-electron chi connectivity index (χ2n) is 12.5. The van der Waals surface area contributed by atoms with E-state index in [4.69, 9.17) is 0 Å². The van der Waals surface area contributed by atoms with Gasteiger partial charge in [-0.1, -0.05) is 104 Å². The topological polar surface area (TPSA) is 0 Å². The SMILES string of the molecule is CC1CC=Cc2sc3c(-c4cc(-c5cccc6c5sc5ccccc56)cc(-c5cccc6c5sc5ccccc56)c4)cccc3c21. The Balaban J connectivity index is 1.28. The van der Waals surface area contributed by atoms with Gasteiger partial charge in [-0.05, 0) is 93.1 Å². The summed E-state index contributed by atoms with van der Waals surface area (Å²) in [6.45, 7) is 2.37. The normalized spacial score (nSPS) is 14.7. The lowest BCUT2D eigenvalue weighted by Gasteiger charge is -2.15.